The van der Waals surface area contributed by atoms with E-state index in [0.29, 0.717) is 24.6 Å². The molecule has 1 aromatic rings. The number of aliphatic hydroxyl groups is 1. The van der Waals surface area contributed by atoms with Crippen LogP contribution < -0.4 is 19.5 Å². The molecule has 1 aromatic carbocycles. The van der Waals surface area contributed by atoms with Crippen molar-refractivity contribution in [3.63, 3.8) is 0 Å². The van der Waals surface area contributed by atoms with Crippen molar-refractivity contribution >= 4 is 0 Å². The lowest BCUT2D eigenvalue weighted by Crippen LogP contribution is -2.24. The van der Waals surface area contributed by atoms with Crippen LogP contribution in [0.3, 0.4) is 0 Å². The predicted molar refractivity (Wildman–Crippen MR) is 69.5 cm³/mol. The first-order chi connectivity index (χ1) is 8.62. The minimum atomic E-state index is -0.379. The van der Waals surface area contributed by atoms with E-state index in [1.807, 2.05) is 6.07 Å². The Hall–Kier alpha value is -1.46. The molecular formula is C13H21NO4. The second-order valence-electron chi connectivity index (χ2n) is 4.00. The maximum atomic E-state index is 9.20. The van der Waals surface area contributed by atoms with E-state index in [1.54, 1.807) is 34.3 Å². The fraction of sp³-hybridized carbons (Fsp3) is 0.538. The Bertz CT molecular complexity index is 379. The van der Waals surface area contributed by atoms with Gasteiger partial charge in [-0.2, -0.15) is 0 Å². The van der Waals surface area contributed by atoms with Crippen molar-refractivity contribution in [2.45, 2.75) is 19.6 Å². The number of aliphatic hydroxyl groups excluding tert-OH is 1. The average molecular weight is 255 g/mol. The molecule has 0 heterocycles. The van der Waals surface area contributed by atoms with E-state index in [9.17, 15) is 5.11 Å². The lowest BCUT2D eigenvalue weighted by atomic mass is 10.1. The Morgan fingerprint density at radius 1 is 1.06 bits per heavy atom. The van der Waals surface area contributed by atoms with Crippen LogP contribution in [0.15, 0.2) is 12.1 Å². The van der Waals surface area contributed by atoms with Gasteiger partial charge < -0.3 is 24.6 Å². The summed E-state index contributed by atoms with van der Waals surface area (Å²) in [5, 5.41) is 12.3. The highest BCUT2D eigenvalue weighted by atomic mass is 16.5. The van der Waals surface area contributed by atoms with Gasteiger partial charge in [-0.05, 0) is 13.0 Å². The maximum Gasteiger partial charge on any atom is 0.164 e. The number of rotatable bonds is 7. The van der Waals surface area contributed by atoms with E-state index in [1.165, 1.54) is 0 Å². The van der Waals surface area contributed by atoms with Gasteiger partial charge in [0.2, 0.25) is 0 Å². The second-order valence-corrected chi connectivity index (χ2v) is 4.00. The molecule has 0 radical (unpaired) electrons. The third kappa shape index (κ3) is 3.78. The van der Waals surface area contributed by atoms with Crippen LogP contribution in [0.1, 0.15) is 12.5 Å². The van der Waals surface area contributed by atoms with Crippen LogP contribution in [0.4, 0.5) is 0 Å². The number of benzene rings is 1. The molecule has 0 aliphatic rings. The first kappa shape index (κ1) is 14.6. The van der Waals surface area contributed by atoms with Crippen LogP contribution in [0.2, 0.25) is 0 Å². The largest absolute Gasteiger partial charge is 0.496 e. The van der Waals surface area contributed by atoms with E-state index >= 15 is 0 Å². The normalized spacial score (nSPS) is 12.1. The van der Waals surface area contributed by atoms with E-state index in [4.69, 9.17) is 14.2 Å². The smallest absolute Gasteiger partial charge is 0.164 e. The molecule has 2 N–H and O–H groups in total. The Labute approximate surface area is 108 Å². The zero-order valence-corrected chi connectivity index (χ0v) is 11.3. The Morgan fingerprint density at radius 2 is 1.61 bits per heavy atom. The number of hydrogen-bond donors (Lipinski definition) is 2. The summed E-state index contributed by atoms with van der Waals surface area (Å²) in [7, 11) is 4.79. The molecule has 0 saturated heterocycles. The molecule has 5 heteroatoms. The van der Waals surface area contributed by atoms with Crippen molar-refractivity contribution in [2.75, 3.05) is 27.9 Å². The quantitative estimate of drug-likeness (QED) is 0.766. The highest BCUT2D eigenvalue weighted by Crippen LogP contribution is 2.34. The molecule has 18 heavy (non-hydrogen) atoms. The van der Waals surface area contributed by atoms with Crippen LogP contribution in [0.25, 0.3) is 0 Å². The third-order valence-corrected chi connectivity index (χ3v) is 2.54. The molecule has 1 unspecified atom stereocenters. The molecule has 0 aliphatic carbocycles. The number of ether oxygens (including phenoxy) is 3. The SMILES string of the molecule is COc1cc(OC)c(OC)cc1CNCC(C)O. The summed E-state index contributed by atoms with van der Waals surface area (Å²) < 4.78 is 15.8. The molecule has 0 bridgehead atoms. The molecule has 5 nitrogen and oxygen atoms in total. The van der Waals surface area contributed by atoms with Crippen LogP contribution in [-0.4, -0.2) is 39.1 Å². The van der Waals surface area contributed by atoms with Crippen LogP contribution in [-0.2, 0) is 6.54 Å². The first-order valence-electron chi connectivity index (χ1n) is 5.80. The molecule has 0 amide bonds. The third-order valence-electron chi connectivity index (χ3n) is 2.54. The van der Waals surface area contributed by atoms with Gasteiger partial charge in [-0.1, -0.05) is 0 Å². The summed E-state index contributed by atoms with van der Waals surface area (Å²) in [6.45, 7) is 2.85. The van der Waals surface area contributed by atoms with Gasteiger partial charge in [-0.15, -0.1) is 0 Å². The van der Waals surface area contributed by atoms with Gasteiger partial charge >= 0.3 is 0 Å². The Kier molecular flexibility index (Phi) is 5.74. The molecule has 0 aliphatic heterocycles. The van der Waals surface area contributed by atoms with Gasteiger partial charge in [0.1, 0.15) is 5.75 Å². The fourth-order valence-electron chi connectivity index (χ4n) is 1.65. The summed E-state index contributed by atoms with van der Waals surface area (Å²) in [5.74, 6) is 2.02. The van der Waals surface area contributed by atoms with Crippen molar-refractivity contribution in [1.82, 2.24) is 5.32 Å². The number of methoxy groups -OCH3 is 3. The van der Waals surface area contributed by atoms with Crippen molar-refractivity contribution in [2.24, 2.45) is 0 Å². The number of hydrogen-bond acceptors (Lipinski definition) is 5. The Morgan fingerprint density at radius 3 is 2.11 bits per heavy atom. The number of nitrogens with one attached hydrogen (secondary N) is 1. The van der Waals surface area contributed by atoms with E-state index in [2.05, 4.69) is 5.32 Å². The van der Waals surface area contributed by atoms with E-state index < -0.39 is 0 Å². The lowest BCUT2D eigenvalue weighted by Gasteiger charge is -2.15. The summed E-state index contributed by atoms with van der Waals surface area (Å²) in [6, 6.07) is 3.66. The highest BCUT2D eigenvalue weighted by molar-refractivity contribution is 5.50. The van der Waals surface area contributed by atoms with Gasteiger partial charge in [0.05, 0.1) is 27.4 Å². The maximum absolute atomic E-state index is 9.20. The lowest BCUT2D eigenvalue weighted by molar-refractivity contribution is 0.191. The fourth-order valence-corrected chi connectivity index (χ4v) is 1.65. The van der Waals surface area contributed by atoms with Gasteiger partial charge in [-0.25, -0.2) is 0 Å². The summed E-state index contributed by atoms with van der Waals surface area (Å²) in [4.78, 5) is 0. The van der Waals surface area contributed by atoms with E-state index in [0.717, 1.165) is 11.3 Å². The minimum Gasteiger partial charge on any atom is -0.496 e. The summed E-state index contributed by atoms with van der Waals surface area (Å²) in [6.07, 6.45) is -0.379. The molecule has 0 saturated carbocycles. The second kappa shape index (κ2) is 7.08. The van der Waals surface area contributed by atoms with Crippen molar-refractivity contribution in [3.05, 3.63) is 17.7 Å². The first-order valence-corrected chi connectivity index (χ1v) is 5.80. The Balaban J connectivity index is 2.87. The molecule has 0 fully saturated rings. The van der Waals surface area contributed by atoms with E-state index in [-0.39, 0.29) is 6.10 Å². The standard InChI is InChI=1S/C13H21NO4/c1-9(15)7-14-8-10-5-12(17-3)13(18-4)6-11(10)16-2/h5-6,9,14-15H,7-8H2,1-4H3. The topological polar surface area (TPSA) is 60.0 Å². The highest BCUT2D eigenvalue weighted by Gasteiger charge is 2.11. The van der Waals surface area contributed by atoms with Crippen molar-refractivity contribution in [1.29, 1.82) is 0 Å². The molecular weight excluding hydrogens is 234 g/mol. The average Bonchev–Trinajstić information content (AvgIpc) is 2.37. The van der Waals surface area contributed by atoms with Gasteiger partial charge in [0, 0.05) is 24.7 Å². The molecule has 1 rings (SSSR count). The van der Waals surface area contributed by atoms with Gasteiger partial charge in [0.15, 0.2) is 11.5 Å². The van der Waals surface area contributed by atoms with Gasteiger partial charge in [-0.3, -0.25) is 0 Å². The minimum absolute atomic E-state index is 0.379. The molecule has 0 spiro atoms. The molecule has 102 valence electrons. The van der Waals surface area contributed by atoms with Crippen LogP contribution >= 0.6 is 0 Å². The summed E-state index contributed by atoms with van der Waals surface area (Å²) >= 11 is 0. The molecule has 1 atom stereocenters. The zero-order valence-electron chi connectivity index (χ0n) is 11.3. The zero-order chi connectivity index (χ0) is 13.5. The van der Waals surface area contributed by atoms with Crippen LogP contribution in [0, 0.1) is 0 Å². The van der Waals surface area contributed by atoms with Crippen LogP contribution in [0.5, 0.6) is 17.2 Å². The predicted octanol–water partition coefficient (Wildman–Crippen LogP) is 1.18. The van der Waals surface area contributed by atoms with Crippen molar-refractivity contribution in [3.8, 4) is 17.2 Å². The summed E-state index contributed by atoms with van der Waals surface area (Å²) in [5.41, 5.74) is 0.954. The van der Waals surface area contributed by atoms with Crippen molar-refractivity contribution < 1.29 is 19.3 Å². The van der Waals surface area contributed by atoms with Gasteiger partial charge in [0.25, 0.3) is 0 Å². The molecule has 0 aromatic heterocycles. The monoisotopic (exact) mass is 255 g/mol.